The lowest BCUT2D eigenvalue weighted by atomic mass is 9.90. The van der Waals surface area contributed by atoms with Crippen molar-refractivity contribution in [2.45, 2.75) is 97.1 Å². The highest BCUT2D eigenvalue weighted by Crippen LogP contribution is 2.31. The molecule has 1 aromatic carbocycles. The van der Waals surface area contributed by atoms with Crippen LogP contribution in [0.25, 0.3) is 0 Å². The third-order valence-electron chi connectivity index (χ3n) is 7.99. The van der Waals surface area contributed by atoms with Gasteiger partial charge in [0.1, 0.15) is 17.5 Å². The molecule has 4 rings (SSSR count). The number of hydrogen-bond acceptors (Lipinski definition) is 4. The Labute approximate surface area is 228 Å². The fourth-order valence-electron chi connectivity index (χ4n) is 5.98. The summed E-state index contributed by atoms with van der Waals surface area (Å²) in [6, 6.07) is 9.58. The number of fused-ring (bicyclic) bond motifs is 2. The van der Waals surface area contributed by atoms with Gasteiger partial charge in [-0.15, -0.1) is 0 Å². The number of carbonyl (C=O) groups excluding carboxylic acids is 2. The van der Waals surface area contributed by atoms with Crippen LogP contribution >= 0.6 is 0 Å². The van der Waals surface area contributed by atoms with E-state index in [-0.39, 0.29) is 24.0 Å². The second-order valence-corrected chi connectivity index (χ2v) is 11.4. The highest BCUT2D eigenvalue weighted by Gasteiger charge is 2.36. The predicted molar refractivity (Wildman–Crippen MR) is 151 cm³/mol. The molecule has 2 amide bonds. The van der Waals surface area contributed by atoms with Gasteiger partial charge >= 0.3 is 0 Å². The van der Waals surface area contributed by atoms with Gasteiger partial charge in [0.2, 0.25) is 0 Å². The molecule has 0 unspecified atom stereocenters. The van der Waals surface area contributed by atoms with Gasteiger partial charge in [-0.25, -0.2) is 0 Å². The van der Waals surface area contributed by atoms with Gasteiger partial charge in [0.05, 0.1) is 17.3 Å². The van der Waals surface area contributed by atoms with E-state index < -0.39 is 0 Å². The first-order chi connectivity index (χ1) is 18.4. The topological polar surface area (TPSA) is 67.7 Å². The molecule has 7 heteroatoms. The molecule has 0 N–H and O–H groups in total. The molecule has 7 nitrogen and oxygen atoms in total. The van der Waals surface area contributed by atoms with Crippen LogP contribution in [0.15, 0.2) is 30.3 Å². The molecule has 1 fully saturated rings. The minimum Gasteiger partial charge on any atom is -0.487 e. The van der Waals surface area contributed by atoms with Crippen LogP contribution in [0.4, 0.5) is 0 Å². The Hall–Kier alpha value is -2.83. The number of hydrogen-bond donors (Lipinski definition) is 0. The second-order valence-electron chi connectivity index (χ2n) is 11.4. The van der Waals surface area contributed by atoms with Gasteiger partial charge in [0.25, 0.3) is 11.8 Å². The average Bonchev–Trinajstić information content (AvgIpc) is 3.26. The lowest BCUT2D eigenvalue weighted by Gasteiger charge is -2.40. The maximum atomic E-state index is 14.1. The van der Waals surface area contributed by atoms with Crippen molar-refractivity contribution in [3.8, 4) is 5.75 Å². The number of ether oxygens (including phenoxy) is 1. The maximum Gasteiger partial charge on any atom is 0.272 e. The van der Waals surface area contributed by atoms with Gasteiger partial charge in [-0.3, -0.25) is 14.3 Å². The van der Waals surface area contributed by atoms with E-state index in [1.807, 2.05) is 49.2 Å². The molecular weight excluding hydrogens is 476 g/mol. The zero-order valence-corrected chi connectivity index (χ0v) is 23.8. The lowest BCUT2D eigenvalue weighted by molar-refractivity contribution is 0.0262. The molecule has 2 heterocycles. The zero-order valence-electron chi connectivity index (χ0n) is 23.8. The number of aromatic nitrogens is 2. The molecule has 1 aliphatic carbocycles. The van der Waals surface area contributed by atoms with Crippen LogP contribution in [-0.2, 0) is 13.5 Å². The molecule has 2 aromatic rings. The zero-order chi connectivity index (χ0) is 27.1. The largest absolute Gasteiger partial charge is 0.487 e. The van der Waals surface area contributed by atoms with Crippen LogP contribution in [0.1, 0.15) is 105 Å². The number of aryl methyl sites for hydroxylation is 1. The minimum absolute atomic E-state index is 0.0322. The highest BCUT2D eigenvalue weighted by molar-refractivity contribution is 5.97. The molecular formula is C31H46N4O3. The van der Waals surface area contributed by atoms with Gasteiger partial charge < -0.3 is 14.5 Å². The summed E-state index contributed by atoms with van der Waals surface area (Å²) in [5, 5.41) is 4.66. The van der Waals surface area contributed by atoms with Gasteiger partial charge in [-0.2, -0.15) is 5.10 Å². The summed E-state index contributed by atoms with van der Waals surface area (Å²) >= 11 is 0. The van der Waals surface area contributed by atoms with E-state index >= 15 is 0 Å². The van der Waals surface area contributed by atoms with Gasteiger partial charge in [0.15, 0.2) is 0 Å². The number of nitrogens with zero attached hydrogens (tertiary/aromatic N) is 4. The van der Waals surface area contributed by atoms with Crippen molar-refractivity contribution in [1.82, 2.24) is 19.6 Å². The first-order valence-electron chi connectivity index (χ1n) is 14.8. The van der Waals surface area contributed by atoms with E-state index in [4.69, 9.17) is 4.74 Å². The summed E-state index contributed by atoms with van der Waals surface area (Å²) < 4.78 is 8.43. The number of benzene rings is 1. The van der Waals surface area contributed by atoms with Crippen molar-refractivity contribution in [3.05, 3.63) is 47.3 Å². The van der Waals surface area contributed by atoms with Crippen LogP contribution in [0.5, 0.6) is 5.75 Å². The van der Waals surface area contributed by atoms with Crippen molar-refractivity contribution < 1.29 is 14.3 Å². The molecule has 2 aliphatic rings. The van der Waals surface area contributed by atoms with E-state index in [0.717, 1.165) is 83.0 Å². The van der Waals surface area contributed by atoms with Crippen molar-refractivity contribution in [2.24, 2.45) is 13.0 Å². The summed E-state index contributed by atoms with van der Waals surface area (Å²) in [7, 11) is 1.88. The number of amides is 2. The smallest absolute Gasteiger partial charge is 0.272 e. The number of para-hydroxylation sites is 1. The Morgan fingerprint density at radius 3 is 2.50 bits per heavy atom. The second kappa shape index (κ2) is 13.3. The Morgan fingerprint density at radius 2 is 1.74 bits per heavy atom. The van der Waals surface area contributed by atoms with Gasteiger partial charge in [-0.1, -0.05) is 51.7 Å². The maximum absolute atomic E-state index is 14.1. The monoisotopic (exact) mass is 522 g/mol. The lowest BCUT2D eigenvalue weighted by Crippen LogP contribution is -2.51. The minimum atomic E-state index is -0.148. The van der Waals surface area contributed by atoms with E-state index in [9.17, 15) is 9.59 Å². The van der Waals surface area contributed by atoms with E-state index in [1.165, 1.54) is 0 Å². The third kappa shape index (κ3) is 6.78. The van der Waals surface area contributed by atoms with E-state index in [1.54, 1.807) is 4.68 Å². The van der Waals surface area contributed by atoms with Crippen molar-refractivity contribution >= 4 is 11.8 Å². The van der Waals surface area contributed by atoms with Crippen LogP contribution in [0.2, 0.25) is 0 Å². The van der Waals surface area contributed by atoms with Crippen molar-refractivity contribution in [3.63, 3.8) is 0 Å². The summed E-state index contributed by atoms with van der Waals surface area (Å²) in [6.45, 7) is 8.55. The third-order valence-corrected chi connectivity index (χ3v) is 7.99. The first-order valence-corrected chi connectivity index (χ1v) is 14.8. The van der Waals surface area contributed by atoms with Gasteiger partial charge in [-0.05, 0) is 69.6 Å². The summed E-state index contributed by atoms with van der Waals surface area (Å²) in [6.07, 6.45) is 9.85. The number of carbonyl (C=O) groups is 2. The van der Waals surface area contributed by atoms with Crippen molar-refractivity contribution in [2.75, 3.05) is 19.6 Å². The highest BCUT2D eigenvalue weighted by atomic mass is 16.5. The normalized spacial score (nSPS) is 21.8. The molecule has 1 saturated carbocycles. The van der Waals surface area contributed by atoms with Crippen molar-refractivity contribution in [1.29, 1.82) is 0 Å². The first kappa shape index (κ1) is 28.2. The van der Waals surface area contributed by atoms with Crippen LogP contribution in [0.3, 0.4) is 0 Å². The summed E-state index contributed by atoms with van der Waals surface area (Å²) in [5.74, 6) is 1.19. The van der Waals surface area contributed by atoms with Crippen LogP contribution in [-0.4, -0.2) is 63.2 Å². The predicted octanol–water partition coefficient (Wildman–Crippen LogP) is 5.88. The molecule has 208 valence electrons. The van der Waals surface area contributed by atoms with E-state index in [0.29, 0.717) is 29.5 Å². The molecule has 1 aromatic heterocycles. The molecule has 1 aliphatic heterocycles. The average molecular weight is 523 g/mol. The van der Waals surface area contributed by atoms with Crippen LogP contribution in [0, 0.1) is 5.92 Å². The fraction of sp³-hybridized carbons (Fsp3) is 0.645. The summed E-state index contributed by atoms with van der Waals surface area (Å²) in [4.78, 5) is 31.6. The Kier molecular flexibility index (Phi) is 9.86. The summed E-state index contributed by atoms with van der Waals surface area (Å²) in [5.41, 5.74) is 2.24. The Morgan fingerprint density at radius 1 is 1.03 bits per heavy atom. The molecule has 0 saturated heterocycles. The SMILES string of the molecule is CCN1CCCCCCCN(C(=O)c2cc(CC(C)C)nn2C)[C@@H]2CCCC[C@@H]2Oc2ccccc2C1=O. The molecule has 2 atom stereocenters. The molecule has 0 spiro atoms. The van der Waals surface area contributed by atoms with Crippen LogP contribution < -0.4 is 4.74 Å². The Balaban J connectivity index is 1.67. The standard InChI is InChI=1S/C31H46N4O3/c1-5-34-19-13-7-6-8-14-20-35(31(37)27-22-24(21-23(2)3)32-33(27)4)26-16-10-12-18-29(26)38-28-17-11-9-15-25(28)30(34)36/h9,11,15,17,22-23,26,29H,5-8,10,12-14,16,18-21H2,1-4H3/t26-,29+/m1/s1. The van der Waals surface area contributed by atoms with E-state index in [2.05, 4.69) is 23.8 Å². The fourth-order valence-corrected chi connectivity index (χ4v) is 5.98. The van der Waals surface area contributed by atoms with Gasteiger partial charge in [0, 0.05) is 26.7 Å². The number of rotatable bonds is 4. The Bertz CT molecular complexity index is 1080. The molecule has 0 radical (unpaired) electrons. The quantitative estimate of drug-likeness (QED) is 0.503. The molecule has 0 bridgehead atoms. The molecule has 38 heavy (non-hydrogen) atoms.